The molecule has 0 bridgehead atoms. The molecule has 2 fully saturated rings. The van der Waals surface area contributed by atoms with Crippen LogP contribution in [0.5, 0.6) is 11.5 Å². The molecule has 0 heterocycles. The summed E-state index contributed by atoms with van der Waals surface area (Å²) in [6.07, 6.45) is 6.46. The van der Waals surface area contributed by atoms with E-state index in [0.29, 0.717) is 24.9 Å². The zero-order chi connectivity index (χ0) is 17.9. The lowest BCUT2D eigenvalue weighted by Gasteiger charge is -2.15. The molecule has 136 valence electrons. The Labute approximate surface area is 149 Å². The van der Waals surface area contributed by atoms with Gasteiger partial charge in [0.05, 0.1) is 19.4 Å². The number of benzene rings is 1. The number of carbonyl (C=O) groups is 1. The normalized spacial score (nSPS) is 27.6. The SMILES string of the molecule is CCOc1ccc(/C=N\NC(=O)[C@@H]2[C@@H]3CCCC[C@]23C)c(OCC)c1. The maximum absolute atomic E-state index is 12.4. The average Bonchev–Trinajstić information content (AvgIpc) is 3.23. The van der Waals surface area contributed by atoms with E-state index >= 15 is 0 Å². The number of amides is 1. The largest absolute Gasteiger partial charge is 0.494 e. The quantitative estimate of drug-likeness (QED) is 0.605. The van der Waals surface area contributed by atoms with Crippen LogP contribution in [0.3, 0.4) is 0 Å². The first-order chi connectivity index (χ1) is 12.1. The third-order valence-electron chi connectivity index (χ3n) is 5.59. The molecule has 5 heteroatoms. The Morgan fingerprint density at radius 3 is 2.80 bits per heavy atom. The predicted octanol–water partition coefficient (Wildman–Crippen LogP) is 3.76. The van der Waals surface area contributed by atoms with Crippen molar-refractivity contribution in [3.8, 4) is 11.5 Å². The van der Waals surface area contributed by atoms with E-state index in [2.05, 4.69) is 17.5 Å². The number of hydrogen-bond acceptors (Lipinski definition) is 4. The molecule has 0 radical (unpaired) electrons. The van der Waals surface area contributed by atoms with Gasteiger partial charge in [0.25, 0.3) is 0 Å². The molecule has 1 aromatic carbocycles. The third-order valence-corrected chi connectivity index (χ3v) is 5.59. The van der Waals surface area contributed by atoms with Crippen LogP contribution in [0.1, 0.15) is 52.0 Å². The Hall–Kier alpha value is -2.04. The predicted molar refractivity (Wildman–Crippen MR) is 98.1 cm³/mol. The number of rotatable bonds is 7. The van der Waals surface area contributed by atoms with Gasteiger partial charge in [0.15, 0.2) is 0 Å². The molecule has 1 N–H and O–H groups in total. The molecule has 1 amide bonds. The average molecular weight is 344 g/mol. The van der Waals surface area contributed by atoms with Crippen LogP contribution in [0.4, 0.5) is 0 Å². The Morgan fingerprint density at radius 1 is 1.32 bits per heavy atom. The summed E-state index contributed by atoms with van der Waals surface area (Å²) in [5.74, 6) is 2.19. The third kappa shape index (κ3) is 3.65. The fraction of sp³-hybridized carbons (Fsp3) is 0.600. The highest BCUT2D eigenvalue weighted by molar-refractivity contribution is 5.87. The van der Waals surface area contributed by atoms with E-state index in [4.69, 9.17) is 9.47 Å². The number of ether oxygens (including phenoxy) is 2. The van der Waals surface area contributed by atoms with Gasteiger partial charge in [-0.15, -0.1) is 0 Å². The van der Waals surface area contributed by atoms with Crippen molar-refractivity contribution in [2.24, 2.45) is 22.4 Å². The van der Waals surface area contributed by atoms with Crippen LogP contribution in [-0.2, 0) is 4.79 Å². The molecule has 1 aromatic rings. The molecule has 2 aliphatic carbocycles. The maximum atomic E-state index is 12.4. The smallest absolute Gasteiger partial charge is 0.244 e. The number of carbonyl (C=O) groups excluding carboxylic acids is 1. The summed E-state index contributed by atoms with van der Waals surface area (Å²) >= 11 is 0. The lowest BCUT2D eigenvalue weighted by atomic mass is 9.90. The number of nitrogens with zero attached hydrogens (tertiary/aromatic N) is 1. The van der Waals surface area contributed by atoms with Crippen molar-refractivity contribution in [2.75, 3.05) is 13.2 Å². The summed E-state index contributed by atoms with van der Waals surface area (Å²) in [5.41, 5.74) is 3.75. The Morgan fingerprint density at radius 2 is 2.12 bits per heavy atom. The zero-order valence-electron chi connectivity index (χ0n) is 15.4. The van der Waals surface area contributed by atoms with E-state index in [-0.39, 0.29) is 17.2 Å². The molecule has 0 spiro atoms. The van der Waals surface area contributed by atoms with Gasteiger partial charge in [-0.05, 0) is 50.2 Å². The van der Waals surface area contributed by atoms with Crippen molar-refractivity contribution in [3.63, 3.8) is 0 Å². The van der Waals surface area contributed by atoms with Gasteiger partial charge in [0.1, 0.15) is 11.5 Å². The first-order valence-corrected chi connectivity index (χ1v) is 9.32. The van der Waals surface area contributed by atoms with Gasteiger partial charge in [-0.1, -0.05) is 19.8 Å². The summed E-state index contributed by atoms with van der Waals surface area (Å²) in [6, 6.07) is 5.63. The second-order valence-corrected chi connectivity index (χ2v) is 7.14. The van der Waals surface area contributed by atoms with Gasteiger partial charge in [-0.3, -0.25) is 4.79 Å². The highest BCUT2D eigenvalue weighted by atomic mass is 16.5. The summed E-state index contributed by atoms with van der Waals surface area (Å²) < 4.78 is 11.2. The van der Waals surface area contributed by atoms with Gasteiger partial charge < -0.3 is 9.47 Å². The number of hydrogen-bond donors (Lipinski definition) is 1. The molecule has 2 aliphatic rings. The molecular formula is C20H28N2O3. The fourth-order valence-electron chi connectivity index (χ4n) is 4.24. The van der Waals surface area contributed by atoms with Crippen molar-refractivity contribution >= 4 is 12.1 Å². The minimum Gasteiger partial charge on any atom is -0.494 e. The number of fused-ring (bicyclic) bond motifs is 1. The molecule has 0 aliphatic heterocycles. The molecule has 5 nitrogen and oxygen atoms in total. The van der Waals surface area contributed by atoms with E-state index in [1.54, 1.807) is 6.21 Å². The monoisotopic (exact) mass is 344 g/mol. The number of nitrogens with one attached hydrogen (secondary N) is 1. The fourth-order valence-corrected chi connectivity index (χ4v) is 4.24. The summed E-state index contributed by atoms with van der Waals surface area (Å²) in [7, 11) is 0. The first-order valence-electron chi connectivity index (χ1n) is 9.32. The lowest BCUT2D eigenvalue weighted by molar-refractivity contribution is -0.123. The molecule has 0 unspecified atom stereocenters. The van der Waals surface area contributed by atoms with Crippen molar-refractivity contribution < 1.29 is 14.3 Å². The summed E-state index contributed by atoms with van der Waals surface area (Å²) in [4.78, 5) is 12.4. The highest BCUT2D eigenvalue weighted by Gasteiger charge is 2.64. The van der Waals surface area contributed by atoms with Crippen molar-refractivity contribution in [2.45, 2.75) is 46.5 Å². The minimum atomic E-state index is 0.0505. The topological polar surface area (TPSA) is 59.9 Å². The van der Waals surface area contributed by atoms with Crippen LogP contribution < -0.4 is 14.9 Å². The van der Waals surface area contributed by atoms with Crippen LogP contribution in [0.15, 0.2) is 23.3 Å². The summed E-state index contributed by atoms with van der Waals surface area (Å²) in [5, 5.41) is 4.16. The van der Waals surface area contributed by atoms with E-state index in [1.807, 2.05) is 32.0 Å². The van der Waals surface area contributed by atoms with E-state index in [1.165, 1.54) is 19.3 Å². The van der Waals surface area contributed by atoms with Crippen molar-refractivity contribution in [3.05, 3.63) is 23.8 Å². The molecular weight excluding hydrogens is 316 g/mol. The van der Waals surface area contributed by atoms with E-state index in [0.717, 1.165) is 17.7 Å². The van der Waals surface area contributed by atoms with Crippen LogP contribution in [-0.4, -0.2) is 25.3 Å². The molecule has 3 atom stereocenters. The maximum Gasteiger partial charge on any atom is 0.244 e. The number of hydrazone groups is 1. The minimum absolute atomic E-state index is 0.0505. The summed E-state index contributed by atoms with van der Waals surface area (Å²) in [6.45, 7) is 7.29. The van der Waals surface area contributed by atoms with E-state index in [9.17, 15) is 4.79 Å². The standard InChI is InChI=1S/C20H28N2O3/c1-4-24-15-10-9-14(17(12-15)25-5-2)13-21-22-19(23)18-16-8-6-7-11-20(16,18)3/h9-10,12-13,16,18H,4-8,11H2,1-3H3,(H,22,23)/b21-13-/t16-,18-,20-/m0/s1. The van der Waals surface area contributed by atoms with Gasteiger partial charge >= 0.3 is 0 Å². The van der Waals surface area contributed by atoms with Crippen LogP contribution in [0.2, 0.25) is 0 Å². The van der Waals surface area contributed by atoms with E-state index < -0.39 is 0 Å². The second-order valence-electron chi connectivity index (χ2n) is 7.14. The Balaban J connectivity index is 1.63. The van der Waals surface area contributed by atoms with Crippen LogP contribution in [0, 0.1) is 17.3 Å². The van der Waals surface area contributed by atoms with Gasteiger partial charge in [0.2, 0.25) is 5.91 Å². The van der Waals surface area contributed by atoms with Gasteiger partial charge in [-0.2, -0.15) is 5.10 Å². The Bertz CT molecular complexity index is 658. The van der Waals surface area contributed by atoms with Crippen LogP contribution >= 0.6 is 0 Å². The molecule has 0 saturated heterocycles. The van der Waals surface area contributed by atoms with Crippen molar-refractivity contribution in [1.29, 1.82) is 0 Å². The van der Waals surface area contributed by atoms with Gasteiger partial charge in [-0.25, -0.2) is 5.43 Å². The molecule has 3 rings (SSSR count). The highest BCUT2D eigenvalue weighted by Crippen LogP contribution is 2.66. The first kappa shape index (κ1) is 17.8. The molecule has 25 heavy (non-hydrogen) atoms. The van der Waals surface area contributed by atoms with Crippen LogP contribution in [0.25, 0.3) is 0 Å². The molecule has 0 aromatic heterocycles. The van der Waals surface area contributed by atoms with Gasteiger partial charge in [0, 0.05) is 17.5 Å². The molecule has 2 saturated carbocycles. The van der Waals surface area contributed by atoms with Crippen molar-refractivity contribution in [1.82, 2.24) is 5.43 Å². The second kappa shape index (κ2) is 7.46. The zero-order valence-corrected chi connectivity index (χ0v) is 15.4. The lowest BCUT2D eigenvalue weighted by Crippen LogP contribution is -2.22. The Kier molecular flexibility index (Phi) is 5.30.